The van der Waals surface area contributed by atoms with Gasteiger partial charge in [0.2, 0.25) is 0 Å². The van der Waals surface area contributed by atoms with Gasteiger partial charge in [0.15, 0.2) is 0 Å². The van der Waals surface area contributed by atoms with Gasteiger partial charge in [-0.3, -0.25) is 0 Å². The number of nitrogens with zero attached hydrogens (tertiary/aromatic N) is 1. The summed E-state index contributed by atoms with van der Waals surface area (Å²) in [7, 11) is 0. The summed E-state index contributed by atoms with van der Waals surface area (Å²) < 4.78 is 48.6. The lowest BCUT2D eigenvalue weighted by atomic mass is 9.75. The molecule has 1 fully saturated rings. The standard InChI is InChI=1S/C6H5F4N/c7-5(8)3-4(1-2-11)6(5,9)10/h4H,1,3H2. The lowest BCUT2D eigenvalue weighted by Crippen LogP contribution is -2.58. The quantitative estimate of drug-likeness (QED) is 0.549. The molecular formula is C6H5F4N. The number of halogens is 4. The Morgan fingerprint density at radius 2 is 1.91 bits per heavy atom. The minimum atomic E-state index is -3.97. The molecule has 0 heterocycles. The van der Waals surface area contributed by atoms with E-state index in [2.05, 4.69) is 0 Å². The van der Waals surface area contributed by atoms with Crippen LogP contribution in [-0.4, -0.2) is 11.8 Å². The third-order valence-electron chi connectivity index (χ3n) is 1.84. The summed E-state index contributed by atoms with van der Waals surface area (Å²) in [5.74, 6) is -9.32. The highest BCUT2D eigenvalue weighted by atomic mass is 19.3. The van der Waals surface area contributed by atoms with Gasteiger partial charge in [-0.15, -0.1) is 0 Å². The van der Waals surface area contributed by atoms with Crippen LogP contribution in [0.5, 0.6) is 0 Å². The molecule has 1 unspecified atom stereocenters. The van der Waals surface area contributed by atoms with Gasteiger partial charge in [0.25, 0.3) is 0 Å². The third-order valence-corrected chi connectivity index (χ3v) is 1.84. The highest BCUT2D eigenvalue weighted by molar-refractivity contribution is 5.05. The van der Waals surface area contributed by atoms with Crippen molar-refractivity contribution in [1.82, 2.24) is 0 Å². The number of rotatable bonds is 1. The van der Waals surface area contributed by atoms with E-state index in [1.165, 1.54) is 6.07 Å². The molecular weight excluding hydrogens is 162 g/mol. The van der Waals surface area contributed by atoms with Gasteiger partial charge in [-0.05, 0) is 0 Å². The van der Waals surface area contributed by atoms with E-state index in [9.17, 15) is 17.6 Å². The maximum absolute atomic E-state index is 12.3. The summed E-state index contributed by atoms with van der Waals surface area (Å²) >= 11 is 0. The van der Waals surface area contributed by atoms with Crippen molar-refractivity contribution < 1.29 is 17.6 Å². The Bertz CT molecular complexity index is 205. The second-order valence-corrected chi connectivity index (χ2v) is 2.59. The fourth-order valence-corrected chi connectivity index (χ4v) is 1.05. The number of alkyl halides is 4. The molecule has 0 aliphatic heterocycles. The lowest BCUT2D eigenvalue weighted by molar-refractivity contribution is -0.312. The molecule has 1 nitrogen and oxygen atoms in total. The molecule has 0 saturated heterocycles. The van der Waals surface area contributed by atoms with Crippen molar-refractivity contribution in [2.45, 2.75) is 24.7 Å². The maximum Gasteiger partial charge on any atom is 0.314 e. The molecule has 0 aromatic heterocycles. The molecule has 0 amide bonds. The van der Waals surface area contributed by atoms with Crippen LogP contribution in [0.1, 0.15) is 12.8 Å². The normalized spacial score (nSPS) is 32.1. The van der Waals surface area contributed by atoms with Crippen molar-refractivity contribution in [1.29, 1.82) is 5.26 Å². The molecule has 0 N–H and O–H groups in total. The Balaban J connectivity index is 2.63. The van der Waals surface area contributed by atoms with E-state index in [4.69, 9.17) is 5.26 Å². The molecule has 1 aliphatic carbocycles. The molecule has 1 aliphatic rings. The van der Waals surface area contributed by atoms with E-state index in [-0.39, 0.29) is 0 Å². The smallest absolute Gasteiger partial charge is 0.200 e. The first-order valence-electron chi connectivity index (χ1n) is 3.04. The van der Waals surface area contributed by atoms with Crippen molar-refractivity contribution >= 4 is 0 Å². The molecule has 0 spiro atoms. The molecule has 62 valence electrons. The van der Waals surface area contributed by atoms with Crippen LogP contribution >= 0.6 is 0 Å². The van der Waals surface area contributed by atoms with Crippen molar-refractivity contribution in [3.63, 3.8) is 0 Å². The Labute approximate surface area is 60.6 Å². The predicted octanol–water partition coefficient (Wildman–Crippen LogP) is 2.19. The second kappa shape index (κ2) is 2.10. The van der Waals surface area contributed by atoms with E-state index < -0.39 is 30.6 Å². The van der Waals surface area contributed by atoms with Crippen LogP contribution in [0.4, 0.5) is 17.6 Å². The van der Waals surface area contributed by atoms with E-state index >= 15 is 0 Å². The molecule has 1 rings (SSSR count). The van der Waals surface area contributed by atoms with Crippen LogP contribution in [0.25, 0.3) is 0 Å². The number of nitriles is 1. The topological polar surface area (TPSA) is 23.8 Å². The highest BCUT2D eigenvalue weighted by Gasteiger charge is 2.71. The summed E-state index contributed by atoms with van der Waals surface area (Å²) in [6.45, 7) is 0. The zero-order chi connectivity index (χ0) is 8.70. The molecule has 11 heavy (non-hydrogen) atoms. The van der Waals surface area contributed by atoms with Gasteiger partial charge in [-0.2, -0.15) is 22.8 Å². The van der Waals surface area contributed by atoms with Gasteiger partial charge in [0.1, 0.15) is 0 Å². The maximum atomic E-state index is 12.3. The first-order chi connectivity index (χ1) is 4.92. The van der Waals surface area contributed by atoms with Gasteiger partial charge in [0.05, 0.1) is 6.07 Å². The van der Waals surface area contributed by atoms with Gasteiger partial charge in [-0.25, -0.2) is 0 Å². The largest absolute Gasteiger partial charge is 0.314 e. The first-order valence-corrected chi connectivity index (χ1v) is 3.04. The molecule has 1 saturated carbocycles. The second-order valence-electron chi connectivity index (χ2n) is 2.59. The molecule has 0 bridgehead atoms. The van der Waals surface area contributed by atoms with Crippen LogP contribution in [0, 0.1) is 17.2 Å². The SMILES string of the molecule is N#CCC1CC(F)(F)C1(F)F. The molecule has 1 atom stereocenters. The van der Waals surface area contributed by atoms with Crippen LogP contribution < -0.4 is 0 Å². The fourth-order valence-electron chi connectivity index (χ4n) is 1.05. The van der Waals surface area contributed by atoms with Crippen LogP contribution in [-0.2, 0) is 0 Å². The first kappa shape index (κ1) is 8.31. The number of hydrogen-bond donors (Lipinski definition) is 0. The van der Waals surface area contributed by atoms with Gasteiger partial charge in [-0.1, -0.05) is 0 Å². The summed E-state index contributed by atoms with van der Waals surface area (Å²) in [5.41, 5.74) is 0. The molecule has 0 radical (unpaired) electrons. The zero-order valence-corrected chi connectivity index (χ0v) is 5.45. The molecule has 5 heteroatoms. The van der Waals surface area contributed by atoms with Crippen LogP contribution in [0.2, 0.25) is 0 Å². The monoisotopic (exact) mass is 167 g/mol. The number of hydrogen-bond acceptors (Lipinski definition) is 1. The average Bonchev–Trinajstić information content (AvgIpc) is 1.87. The molecule has 0 aromatic rings. The zero-order valence-electron chi connectivity index (χ0n) is 5.45. The highest BCUT2D eigenvalue weighted by Crippen LogP contribution is 2.56. The Morgan fingerprint density at radius 3 is 2.18 bits per heavy atom. The summed E-state index contributed by atoms with van der Waals surface area (Å²) in [4.78, 5) is 0. The van der Waals surface area contributed by atoms with E-state index in [0.29, 0.717) is 0 Å². The minimum Gasteiger partial charge on any atom is -0.200 e. The summed E-state index contributed by atoms with van der Waals surface area (Å²) in [6, 6.07) is 1.45. The van der Waals surface area contributed by atoms with Crippen molar-refractivity contribution in [3.05, 3.63) is 0 Å². The van der Waals surface area contributed by atoms with Crippen LogP contribution in [0.15, 0.2) is 0 Å². The summed E-state index contributed by atoms with van der Waals surface area (Å²) in [5, 5.41) is 7.98. The minimum absolute atomic E-state index is 0.497. The predicted molar refractivity (Wildman–Crippen MR) is 28.2 cm³/mol. The van der Waals surface area contributed by atoms with E-state index in [1.807, 2.05) is 0 Å². The van der Waals surface area contributed by atoms with Crippen LogP contribution in [0.3, 0.4) is 0 Å². The Hall–Kier alpha value is -0.790. The Morgan fingerprint density at radius 1 is 1.36 bits per heavy atom. The van der Waals surface area contributed by atoms with Crippen molar-refractivity contribution in [2.24, 2.45) is 5.92 Å². The fraction of sp³-hybridized carbons (Fsp3) is 0.833. The third kappa shape index (κ3) is 0.971. The average molecular weight is 167 g/mol. The van der Waals surface area contributed by atoms with Gasteiger partial charge >= 0.3 is 11.8 Å². The Kier molecular flexibility index (Phi) is 1.58. The van der Waals surface area contributed by atoms with Gasteiger partial charge < -0.3 is 0 Å². The summed E-state index contributed by atoms with van der Waals surface area (Å²) in [6.07, 6.45) is -1.36. The molecule has 0 aromatic carbocycles. The van der Waals surface area contributed by atoms with E-state index in [0.717, 1.165) is 0 Å². The lowest BCUT2D eigenvalue weighted by Gasteiger charge is -2.42. The van der Waals surface area contributed by atoms with Gasteiger partial charge in [0, 0.05) is 18.8 Å². The van der Waals surface area contributed by atoms with E-state index in [1.54, 1.807) is 0 Å². The van der Waals surface area contributed by atoms with Crippen molar-refractivity contribution in [2.75, 3.05) is 0 Å². The van der Waals surface area contributed by atoms with Crippen molar-refractivity contribution in [3.8, 4) is 6.07 Å².